The van der Waals surface area contributed by atoms with Gasteiger partial charge in [-0.15, -0.1) is 0 Å². The predicted molar refractivity (Wildman–Crippen MR) is 91.7 cm³/mol. The van der Waals surface area contributed by atoms with E-state index >= 15 is 0 Å². The number of carboxylic acids is 1. The van der Waals surface area contributed by atoms with Gasteiger partial charge in [0.15, 0.2) is 6.61 Å². The van der Waals surface area contributed by atoms with Gasteiger partial charge in [-0.3, -0.25) is 4.79 Å². The SMILES string of the molecule is O=C(O)COc1ccc(NC(=O)C2CC3CCC2O3)c2ccccc12. The van der Waals surface area contributed by atoms with Crippen molar-refractivity contribution in [1.29, 1.82) is 0 Å². The molecule has 2 N–H and O–H groups in total. The smallest absolute Gasteiger partial charge is 0.341 e. The van der Waals surface area contributed by atoms with Crippen molar-refractivity contribution < 1.29 is 24.2 Å². The number of hydrogen-bond acceptors (Lipinski definition) is 4. The Morgan fingerprint density at radius 2 is 1.96 bits per heavy atom. The highest BCUT2D eigenvalue weighted by Gasteiger charge is 2.44. The van der Waals surface area contributed by atoms with Crippen LogP contribution in [0.15, 0.2) is 36.4 Å². The molecule has 0 saturated carbocycles. The Labute approximate surface area is 144 Å². The van der Waals surface area contributed by atoms with Crippen LogP contribution < -0.4 is 10.1 Å². The fraction of sp³-hybridized carbons (Fsp3) is 0.368. The number of carboxylic acid groups (broad SMARTS) is 1. The number of benzene rings is 2. The van der Waals surface area contributed by atoms with Gasteiger partial charge in [0.2, 0.25) is 5.91 Å². The van der Waals surface area contributed by atoms with Crippen LogP contribution in [0.3, 0.4) is 0 Å². The van der Waals surface area contributed by atoms with E-state index in [0.29, 0.717) is 11.4 Å². The Morgan fingerprint density at radius 1 is 1.16 bits per heavy atom. The maximum Gasteiger partial charge on any atom is 0.341 e. The van der Waals surface area contributed by atoms with Gasteiger partial charge in [-0.1, -0.05) is 24.3 Å². The largest absolute Gasteiger partial charge is 0.481 e. The summed E-state index contributed by atoms with van der Waals surface area (Å²) < 4.78 is 11.1. The molecule has 3 unspecified atom stereocenters. The Morgan fingerprint density at radius 3 is 2.64 bits per heavy atom. The highest BCUT2D eigenvalue weighted by atomic mass is 16.5. The van der Waals surface area contributed by atoms with Gasteiger partial charge in [0.05, 0.1) is 18.1 Å². The van der Waals surface area contributed by atoms with E-state index in [1.165, 1.54) is 0 Å². The first kappa shape index (κ1) is 15.9. The van der Waals surface area contributed by atoms with E-state index in [2.05, 4.69) is 5.32 Å². The van der Waals surface area contributed by atoms with Crippen LogP contribution in [0.4, 0.5) is 5.69 Å². The lowest BCUT2D eigenvalue weighted by Gasteiger charge is -2.19. The summed E-state index contributed by atoms with van der Waals surface area (Å²) in [5, 5.41) is 13.4. The molecule has 6 nitrogen and oxygen atoms in total. The number of nitrogens with one attached hydrogen (secondary N) is 1. The molecule has 2 aliphatic heterocycles. The van der Waals surface area contributed by atoms with Crippen molar-refractivity contribution in [2.24, 2.45) is 5.92 Å². The average molecular weight is 341 g/mol. The normalized spacial score (nSPS) is 24.4. The fourth-order valence-corrected chi connectivity index (χ4v) is 3.78. The van der Waals surface area contributed by atoms with Crippen molar-refractivity contribution in [1.82, 2.24) is 0 Å². The van der Waals surface area contributed by atoms with Crippen LogP contribution in [-0.4, -0.2) is 35.8 Å². The summed E-state index contributed by atoms with van der Waals surface area (Å²) in [5.74, 6) is -0.658. The molecule has 130 valence electrons. The van der Waals surface area contributed by atoms with Crippen LogP contribution in [-0.2, 0) is 14.3 Å². The lowest BCUT2D eigenvalue weighted by Crippen LogP contribution is -2.30. The van der Waals surface area contributed by atoms with Crippen LogP contribution in [0, 0.1) is 5.92 Å². The minimum atomic E-state index is -1.03. The molecule has 3 atom stereocenters. The third kappa shape index (κ3) is 3.05. The molecule has 2 aliphatic rings. The van der Waals surface area contributed by atoms with Crippen molar-refractivity contribution >= 4 is 28.3 Å². The summed E-state index contributed by atoms with van der Waals surface area (Å²) in [6, 6.07) is 10.9. The van der Waals surface area contributed by atoms with Gasteiger partial charge < -0.3 is 19.9 Å². The summed E-state index contributed by atoms with van der Waals surface area (Å²) in [4.78, 5) is 23.4. The van der Waals surface area contributed by atoms with Crippen LogP contribution >= 0.6 is 0 Å². The number of rotatable bonds is 5. The number of ether oxygens (including phenoxy) is 2. The Bertz CT molecular complexity index is 834. The highest BCUT2D eigenvalue weighted by molar-refractivity contribution is 6.05. The van der Waals surface area contributed by atoms with Crippen LogP contribution in [0.2, 0.25) is 0 Å². The maximum atomic E-state index is 12.6. The van der Waals surface area contributed by atoms with Gasteiger partial charge in [-0.05, 0) is 31.4 Å². The zero-order valence-corrected chi connectivity index (χ0v) is 13.6. The Hall–Kier alpha value is -2.60. The second-order valence-corrected chi connectivity index (χ2v) is 6.54. The van der Waals surface area contributed by atoms with E-state index in [4.69, 9.17) is 14.6 Å². The fourth-order valence-electron chi connectivity index (χ4n) is 3.78. The van der Waals surface area contributed by atoms with E-state index in [1.54, 1.807) is 12.1 Å². The Balaban J connectivity index is 1.58. The average Bonchev–Trinajstić information content (AvgIpc) is 3.24. The molecule has 2 heterocycles. The number of anilines is 1. The number of carbonyl (C=O) groups excluding carboxylic acids is 1. The van der Waals surface area contributed by atoms with Crippen LogP contribution in [0.5, 0.6) is 5.75 Å². The molecule has 2 bridgehead atoms. The summed E-state index contributed by atoms with van der Waals surface area (Å²) in [6.45, 7) is -0.405. The molecule has 6 heteroatoms. The molecule has 2 fully saturated rings. The van der Waals surface area contributed by atoms with Gasteiger partial charge >= 0.3 is 5.97 Å². The molecule has 25 heavy (non-hydrogen) atoms. The number of aliphatic carboxylic acids is 1. The van der Waals surface area contributed by atoms with E-state index < -0.39 is 12.6 Å². The molecule has 0 spiro atoms. The van der Waals surface area contributed by atoms with Crippen LogP contribution in [0.1, 0.15) is 19.3 Å². The van der Waals surface area contributed by atoms with E-state index in [1.807, 2.05) is 24.3 Å². The quantitative estimate of drug-likeness (QED) is 0.873. The molecule has 0 aliphatic carbocycles. The van der Waals surface area contributed by atoms with Gasteiger partial charge in [0, 0.05) is 16.5 Å². The Kier molecular flexibility index (Phi) is 4.05. The minimum Gasteiger partial charge on any atom is -0.481 e. The predicted octanol–water partition coefficient (Wildman–Crippen LogP) is 2.81. The van der Waals surface area contributed by atoms with Crippen molar-refractivity contribution in [3.8, 4) is 5.75 Å². The van der Waals surface area contributed by atoms with Crippen molar-refractivity contribution in [2.45, 2.75) is 31.5 Å². The minimum absolute atomic E-state index is 0.0171. The number of carbonyl (C=O) groups is 2. The van der Waals surface area contributed by atoms with Crippen molar-refractivity contribution in [2.75, 3.05) is 11.9 Å². The lowest BCUT2D eigenvalue weighted by atomic mass is 9.88. The zero-order chi connectivity index (χ0) is 17.4. The maximum absolute atomic E-state index is 12.6. The highest BCUT2D eigenvalue weighted by Crippen LogP contribution is 2.40. The van der Waals surface area contributed by atoms with E-state index in [-0.39, 0.29) is 24.0 Å². The van der Waals surface area contributed by atoms with Gasteiger partial charge in [0.1, 0.15) is 5.75 Å². The van der Waals surface area contributed by atoms with Gasteiger partial charge in [0.25, 0.3) is 0 Å². The standard InChI is InChI=1S/C19H19NO5/c21-18(22)10-24-16-8-6-15(12-3-1-2-4-13(12)16)20-19(23)14-9-11-5-7-17(14)25-11/h1-4,6,8,11,14,17H,5,7,9-10H2,(H,20,23)(H,21,22). The summed E-state index contributed by atoms with van der Waals surface area (Å²) >= 11 is 0. The molecule has 2 saturated heterocycles. The second-order valence-electron chi connectivity index (χ2n) is 6.54. The van der Waals surface area contributed by atoms with Crippen molar-refractivity contribution in [3.05, 3.63) is 36.4 Å². The number of amides is 1. The monoisotopic (exact) mass is 341 g/mol. The molecule has 2 aromatic rings. The summed E-state index contributed by atoms with van der Waals surface area (Å²) in [6.07, 6.45) is 3.05. The molecule has 2 aromatic carbocycles. The van der Waals surface area contributed by atoms with E-state index in [9.17, 15) is 9.59 Å². The third-order valence-corrected chi connectivity index (χ3v) is 4.94. The number of fused-ring (bicyclic) bond motifs is 3. The lowest BCUT2D eigenvalue weighted by molar-refractivity contribution is -0.139. The first-order valence-electron chi connectivity index (χ1n) is 8.44. The summed E-state index contributed by atoms with van der Waals surface area (Å²) in [7, 11) is 0. The molecular formula is C19H19NO5. The van der Waals surface area contributed by atoms with Crippen molar-refractivity contribution in [3.63, 3.8) is 0 Å². The molecule has 1 amide bonds. The molecule has 0 radical (unpaired) electrons. The zero-order valence-electron chi connectivity index (χ0n) is 13.6. The third-order valence-electron chi connectivity index (χ3n) is 4.94. The summed E-state index contributed by atoms with van der Waals surface area (Å²) in [5.41, 5.74) is 0.700. The van der Waals surface area contributed by atoms with E-state index in [0.717, 1.165) is 30.0 Å². The molecule has 4 rings (SSSR count). The number of hydrogen-bond donors (Lipinski definition) is 2. The first-order chi connectivity index (χ1) is 12.1. The topological polar surface area (TPSA) is 84.9 Å². The first-order valence-corrected chi connectivity index (χ1v) is 8.44. The molecule has 0 aromatic heterocycles. The second kappa shape index (κ2) is 6.37. The molecular weight excluding hydrogens is 322 g/mol. The van der Waals surface area contributed by atoms with Gasteiger partial charge in [-0.25, -0.2) is 4.79 Å². The van der Waals surface area contributed by atoms with Crippen LogP contribution in [0.25, 0.3) is 10.8 Å². The van der Waals surface area contributed by atoms with Gasteiger partial charge in [-0.2, -0.15) is 0 Å².